The topological polar surface area (TPSA) is 71.5 Å². The summed E-state index contributed by atoms with van der Waals surface area (Å²) in [6, 6.07) is 0.377. The van der Waals surface area contributed by atoms with Crippen LogP contribution in [0.5, 0.6) is 0 Å². The molecule has 0 aliphatic carbocycles. The molecule has 0 saturated carbocycles. The van der Waals surface area contributed by atoms with Gasteiger partial charge in [-0.15, -0.1) is 11.3 Å². The minimum Gasteiger partial charge on any atom is -0.481 e. The molecule has 0 spiro atoms. The zero-order valence-electron chi connectivity index (χ0n) is 9.68. The molecule has 2 unspecified atom stereocenters. The molecule has 5 nitrogen and oxygen atoms in total. The number of carboxylic acids is 1. The second-order valence-electron chi connectivity index (χ2n) is 4.26. The number of aliphatic carboxylic acids is 1. The fraction of sp³-hybridized carbons (Fsp3) is 0.636. The highest BCUT2D eigenvalue weighted by molar-refractivity contribution is 7.13. The van der Waals surface area contributed by atoms with Gasteiger partial charge in [0.25, 0.3) is 0 Å². The Balaban J connectivity index is 1.89. The Kier molecular flexibility index (Phi) is 3.96. The summed E-state index contributed by atoms with van der Waals surface area (Å²) >= 11 is 1.46. The monoisotopic (exact) mass is 256 g/mol. The molecule has 1 aromatic heterocycles. The molecule has 1 aliphatic rings. The van der Waals surface area contributed by atoms with Gasteiger partial charge in [-0.2, -0.15) is 0 Å². The molecule has 1 aromatic rings. The van der Waals surface area contributed by atoms with Crippen molar-refractivity contribution in [2.75, 3.05) is 11.9 Å². The second-order valence-corrected chi connectivity index (χ2v) is 5.12. The second kappa shape index (κ2) is 5.46. The maximum atomic E-state index is 10.5. The van der Waals surface area contributed by atoms with Gasteiger partial charge in [-0.1, -0.05) is 0 Å². The SMILES string of the molecule is CC1CC(Nc2nc(CC(=O)O)cs2)CCO1. The van der Waals surface area contributed by atoms with Gasteiger partial charge in [-0.25, -0.2) is 4.98 Å². The standard InChI is InChI=1S/C11H16N2O3S/c1-7-4-8(2-3-16-7)12-11-13-9(6-17-11)5-10(14)15/h6-8H,2-5H2,1H3,(H,12,13)(H,14,15). The summed E-state index contributed by atoms with van der Waals surface area (Å²) in [5.41, 5.74) is 0.616. The Labute approximate surface area is 104 Å². The van der Waals surface area contributed by atoms with Gasteiger partial charge >= 0.3 is 5.97 Å². The third kappa shape index (κ3) is 3.67. The minimum absolute atomic E-state index is 0.0115. The number of carboxylic acid groups (broad SMARTS) is 1. The number of nitrogens with zero attached hydrogens (tertiary/aromatic N) is 1. The Bertz CT molecular complexity index is 394. The number of thiazole rings is 1. The van der Waals surface area contributed by atoms with E-state index >= 15 is 0 Å². The third-order valence-electron chi connectivity index (χ3n) is 2.70. The Morgan fingerprint density at radius 1 is 1.76 bits per heavy atom. The molecule has 1 aliphatic heterocycles. The van der Waals surface area contributed by atoms with E-state index in [4.69, 9.17) is 9.84 Å². The number of ether oxygens (including phenoxy) is 1. The molecule has 0 amide bonds. The number of hydrogen-bond acceptors (Lipinski definition) is 5. The zero-order chi connectivity index (χ0) is 12.3. The highest BCUT2D eigenvalue weighted by Crippen LogP contribution is 2.21. The average Bonchev–Trinajstić information content (AvgIpc) is 2.64. The number of rotatable bonds is 4. The van der Waals surface area contributed by atoms with Gasteiger partial charge in [0.05, 0.1) is 18.2 Å². The van der Waals surface area contributed by atoms with Crippen molar-refractivity contribution in [2.45, 2.75) is 38.3 Å². The number of anilines is 1. The molecule has 1 saturated heterocycles. The normalized spacial score (nSPS) is 24.5. The summed E-state index contributed by atoms with van der Waals surface area (Å²) in [6.45, 7) is 2.83. The molecule has 0 bridgehead atoms. The Morgan fingerprint density at radius 2 is 2.59 bits per heavy atom. The smallest absolute Gasteiger partial charge is 0.309 e. The lowest BCUT2D eigenvalue weighted by atomic mass is 10.1. The van der Waals surface area contributed by atoms with Crippen molar-refractivity contribution in [1.29, 1.82) is 0 Å². The highest BCUT2D eigenvalue weighted by atomic mass is 32.1. The van der Waals surface area contributed by atoms with Crippen molar-refractivity contribution in [3.63, 3.8) is 0 Å². The zero-order valence-corrected chi connectivity index (χ0v) is 10.5. The van der Waals surface area contributed by atoms with E-state index in [1.807, 2.05) is 0 Å². The van der Waals surface area contributed by atoms with Crippen molar-refractivity contribution in [1.82, 2.24) is 4.98 Å². The molecule has 0 radical (unpaired) electrons. The lowest BCUT2D eigenvalue weighted by Gasteiger charge is -2.27. The predicted octanol–water partition coefficient (Wildman–Crippen LogP) is 1.75. The van der Waals surface area contributed by atoms with Gasteiger partial charge in [0.2, 0.25) is 0 Å². The van der Waals surface area contributed by atoms with E-state index in [9.17, 15) is 4.79 Å². The van der Waals surface area contributed by atoms with E-state index in [0.29, 0.717) is 11.7 Å². The van der Waals surface area contributed by atoms with Crippen molar-refractivity contribution >= 4 is 22.4 Å². The summed E-state index contributed by atoms with van der Waals surface area (Å²) in [7, 11) is 0. The average molecular weight is 256 g/mol. The minimum atomic E-state index is -0.846. The summed E-state index contributed by atoms with van der Waals surface area (Å²) in [6.07, 6.45) is 2.20. The summed E-state index contributed by atoms with van der Waals surface area (Å²) < 4.78 is 5.47. The molecule has 2 N–H and O–H groups in total. The van der Waals surface area contributed by atoms with Crippen molar-refractivity contribution in [2.24, 2.45) is 0 Å². The van der Waals surface area contributed by atoms with Crippen LogP contribution in [-0.4, -0.2) is 34.8 Å². The molecular weight excluding hydrogens is 240 g/mol. The maximum Gasteiger partial charge on any atom is 0.309 e. The third-order valence-corrected chi connectivity index (χ3v) is 3.52. The first-order chi connectivity index (χ1) is 8.13. The van der Waals surface area contributed by atoms with Crippen LogP contribution >= 0.6 is 11.3 Å². The van der Waals surface area contributed by atoms with Gasteiger partial charge in [0, 0.05) is 18.0 Å². The highest BCUT2D eigenvalue weighted by Gasteiger charge is 2.20. The molecule has 2 heterocycles. The Hall–Kier alpha value is -1.14. The van der Waals surface area contributed by atoms with Gasteiger partial charge in [-0.05, 0) is 19.8 Å². The van der Waals surface area contributed by atoms with E-state index in [-0.39, 0.29) is 12.5 Å². The lowest BCUT2D eigenvalue weighted by molar-refractivity contribution is -0.136. The van der Waals surface area contributed by atoms with Gasteiger partial charge in [-0.3, -0.25) is 4.79 Å². The quantitative estimate of drug-likeness (QED) is 0.858. The van der Waals surface area contributed by atoms with E-state index in [2.05, 4.69) is 17.2 Å². The molecule has 1 fully saturated rings. The van der Waals surface area contributed by atoms with Gasteiger partial charge in [0.1, 0.15) is 0 Å². The summed E-state index contributed by atoms with van der Waals surface area (Å²) in [5, 5.41) is 14.6. The van der Waals surface area contributed by atoms with Crippen LogP contribution in [0.3, 0.4) is 0 Å². The lowest BCUT2D eigenvalue weighted by Crippen LogP contribution is -2.32. The Morgan fingerprint density at radius 3 is 3.29 bits per heavy atom. The first-order valence-electron chi connectivity index (χ1n) is 5.68. The molecule has 17 heavy (non-hydrogen) atoms. The van der Waals surface area contributed by atoms with Crippen molar-refractivity contribution < 1.29 is 14.6 Å². The van der Waals surface area contributed by atoms with Crippen LogP contribution in [0.4, 0.5) is 5.13 Å². The van der Waals surface area contributed by atoms with Crippen molar-refractivity contribution in [3.05, 3.63) is 11.1 Å². The first-order valence-corrected chi connectivity index (χ1v) is 6.56. The molecule has 2 rings (SSSR count). The van der Waals surface area contributed by atoms with E-state index in [1.165, 1.54) is 11.3 Å². The van der Waals surface area contributed by atoms with Gasteiger partial charge in [0.15, 0.2) is 5.13 Å². The first kappa shape index (κ1) is 12.3. The van der Waals surface area contributed by atoms with Gasteiger partial charge < -0.3 is 15.2 Å². The van der Waals surface area contributed by atoms with E-state index in [0.717, 1.165) is 24.6 Å². The number of aromatic nitrogens is 1. The largest absolute Gasteiger partial charge is 0.481 e. The number of nitrogens with one attached hydrogen (secondary N) is 1. The fourth-order valence-corrected chi connectivity index (χ4v) is 2.70. The van der Waals surface area contributed by atoms with Crippen LogP contribution in [0, 0.1) is 0 Å². The fourth-order valence-electron chi connectivity index (χ4n) is 1.91. The van der Waals surface area contributed by atoms with E-state index in [1.54, 1.807) is 5.38 Å². The van der Waals surface area contributed by atoms with Crippen LogP contribution in [-0.2, 0) is 16.0 Å². The van der Waals surface area contributed by atoms with Crippen LogP contribution in [0.2, 0.25) is 0 Å². The van der Waals surface area contributed by atoms with E-state index < -0.39 is 5.97 Å². The van der Waals surface area contributed by atoms with Crippen LogP contribution in [0.1, 0.15) is 25.5 Å². The van der Waals surface area contributed by atoms with Crippen molar-refractivity contribution in [3.8, 4) is 0 Å². The summed E-state index contributed by atoms with van der Waals surface area (Å²) in [5.74, 6) is -0.846. The molecule has 2 atom stereocenters. The molecule has 94 valence electrons. The maximum absolute atomic E-state index is 10.5. The number of hydrogen-bond donors (Lipinski definition) is 2. The predicted molar refractivity (Wildman–Crippen MR) is 65.5 cm³/mol. The van der Waals surface area contributed by atoms with Crippen LogP contribution in [0.25, 0.3) is 0 Å². The number of carbonyl (C=O) groups is 1. The van der Waals surface area contributed by atoms with Crippen LogP contribution < -0.4 is 5.32 Å². The molecule has 0 aromatic carbocycles. The molecule has 6 heteroatoms. The molecular formula is C11H16N2O3S. The van der Waals surface area contributed by atoms with Crippen LogP contribution in [0.15, 0.2) is 5.38 Å². The summed E-state index contributed by atoms with van der Waals surface area (Å²) in [4.78, 5) is 14.8.